The zero-order valence-corrected chi connectivity index (χ0v) is 14.5. The Bertz CT molecular complexity index is 454. The summed E-state index contributed by atoms with van der Waals surface area (Å²) in [5.41, 5.74) is -0.198. The Morgan fingerprint density at radius 2 is 1.78 bits per heavy atom. The molecule has 0 aromatic carbocycles. The van der Waals surface area contributed by atoms with E-state index in [1.807, 2.05) is 0 Å². The van der Waals surface area contributed by atoms with Gasteiger partial charge >= 0.3 is 5.97 Å². The molecule has 1 rings (SSSR count). The monoisotopic (exact) mass is 319 g/mol. The van der Waals surface area contributed by atoms with Gasteiger partial charge in [0.25, 0.3) is 0 Å². The quantitative estimate of drug-likeness (QED) is 0.213. The second-order valence-corrected chi connectivity index (χ2v) is 6.56. The van der Waals surface area contributed by atoms with Gasteiger partial charge in [0, 0.05) is 0 Å². The van der Waals surface area contributed by atoms with E-state index in [-0.39, 0.29) is 5.57 Å². The number of allylic oxidation sites excluding steroid dienone is 2. The van der Waals surface area contributed by atoms with Crippen LogP contribution in [-0.2, 0) is 4.79 Å². The maximum Gasteiger partial charge on any atom is 0.346 e. The maximum atomic E-state index is 10.9. The molecule has 4 heteroatoms. The number of carboxylic acids is 1. The maximum absolute atomic E-state index is 10.9. The molecule has 1 saturated heterocycles. The molecule has 1 aliphatic heterocycles. The van der Waals surface area contributed by atoms with Crippen molar-refractivity contribution in [1.29, 1.82) is 5.26 Å². The van der Waals surface area contributed by atoms with Gasteiger partial charge < -0.3 is 5.11 Å². The SMILES string of the molecule is CCCCCCCC[N+]1(/C=C/C=C(\C#N)C(=O)O)CCCCC1. The minimum Gasteiger partial charge on any atom is -0.477 e. The molecular weight excluding hydrogens is 288 g/mol. The number of likely N-dealkylation sites (tertiary alicyclic amines) is 1. The van der Waals surface area contributed by atoms with Gasteiger partial charge in [-0.3, -0.25) is 4.48 Å². The molecule has 4 nitrogen and oxygen atoms in total. The first-order valence-corrected chi connectivity index (χ1v) is 9.02. The molecule has 1 N–H and O–H groups in total. The number of nitriles is 1. The highest BCUT2D eigenvalue weighted by Gasteiger charge is 2.26. The highest BCUT2D eigenvalue weighted by molar-refractivity contribution is 5.91. The van der Waals surface area contributed by atoms with Crippen LogP contribution in [0.1, 0.15) is 64.7 Å². The molecule has 0 aromatic rings. The first-order valence-electron chi connectivity index (χ1n) is 9.02. The van der Waals surface area contributed by atoms with Crippen molar-refractivity contribution in [2.24, 2.45) is 0 Å². The number of hydrogen-bond donors (Lipinski definition) is 1. The summed E-state index contributed by atoms with van der Waals surface area (Å²) in [6.45, 7) is 5.63. The summed E-state index contributed by atoms with van der Waals surface area (Å²) in [5.74, 6) is -1.15. The Morgan fingerprint density at radius 3 is 2.39 bits per heavy atom. The summed E-state index contributed by atoms with van der Waals surface area (Å²) < 4.78 is 0.947. The molecule has 0 spiro atoms. The lowest BCUT2D eigenvalue weighted by Crippen LogP contribution is -2.47. The molecule has 0 radical (unpaired) electrons. The van der Waals surface area contributed by atoms with Crippen LogP contribution in [0.2, 0.25) is 0 Å². The fourth-order valence-electron chi connectivity index (χ4n) is 3.27. The smallest absolute Gasteiger partial charge is 0.346 e. The van der Waals surface area contributed by atoms with Crippen molar-refractivity contribution in [1.82, 2.24) is 0 Å². The molecule has 0 aliphatic carbocycles. The summed E-state index contributed by atoms with van der Waals surface area (Å²) in [4.78, 5) is 10.9. The van der Waals surface area contributed by atoms with Crippen molar-refractivity contribution in [3.63, 3.8) is 0 Å². The fourth-order valence-corrected chi connectivity index (χ4v) is 3.27. The van der Waals surface area contributed by atoms with Crippen molar-refractivity contribution in [3.8, 4) is 6.07 Å². The van der Waals surface area contributed by atoms with Crippen LogP contribution in [0.15, 0.2) is 23.9 Å². The third-order valence-electron chi connectivity index (χ3n) is 4.68. The van der Waals surface area contributed by atoms with Crippen molar-refractivity contribution in [2.45, 2.75) is 64.7 Å². The van der Waals surface area contributed by atoms with Crippen LogP contribution in [0.3, 0.4) is 0 Å². The highest BCUT2D eigenvalue weighted by Crippen LogP contribution is 2.22. The number of piperidine rings is 1. The van der Waals surface area contributed by atoms with Gasteiger partial charge in [0.05, 0.1) is 25.8 Å². The second-order valence-electron chi connectivity index (χ2n) is 6.56. The van der Waals surface area contributed by atoms with Crippen LogP contribution in [0, 0.1) is 11.3 Å². The van der Waals surface area contributed by atoms with E-state index < -0.39 is 5.97 Å². The Labute approximate surface area is 140 Å². The molecule has 0 unspecified atom stereocenters. The third kappa shape index (κ3) is 7.47. The number of nitrogens with zero attached hydrogens (tertiary/aromatic N) is 2. The lowest BCUT2D eigenvalue weighted by Gasteiger charge is -2.38. The molecule has 23 heavy (non-hydrogen) atoms. The van der Waals surface area contributed by atoms with Crippen molar-refractivity contribution >= 4 is 5.97 Å². The van der Waals surface area contributed by atoms with E-state index in [1.165, 1.54) is 63.9 Å². The molecule has 0 atom stereocenters. The Hall–Kier alpha value is -1.60. The minimum absolute atomic E-state index is 0.198. The molecule has 0 saturated carbocycles. The molecule has 1 aliphatic rings. The number of quaternary nitrogens is 1. The van der Waals surface area contributed by atoms with Gasteiger partial charge in [0.15, 0.2) is 0 Å². The Morgan fingerprint density at radius 1 is 1.13 bits per heavy atom. The molecular formula is C19H31N2O2+. The standard InChI is InChI=1S/C19H30N2O2/c1-2-3-4-5-6-8-13-21(14-9-7-10-15-21)16-11-12-18(17-20)19(22)23/h11-12,16H,2-10,13-15H2,1H3/p+1/b16-11+,18-12+. The van der Waals surface area contributed by atoms with E-state index in [0.717, 1.165) is 24.1 Å². The zero-order valence-electron chi connectivity index (χ0n) is 14.5. The summed E-state index contributed by atoms with van der Waals surface area (Å²) in [6.07, 6.45) is 16.8. The average molecular weight is 319 g/mol. The second kappa shape index (κ2) is 11.0. The van der Waals surface area contributed by atoms with E-state index in [9.17, 15) is 4.79 Å². The fraction of sp³-hybridized carbons (Fsp3) is 0.684. The number of aliphatic carboxylic acids is 1. The Balaban J connectivity index is 2.57. The average Bonchev–Trinajstić information content (AvgIpc) is 2.55. The first kappa shape index (κ1) is 19.4. The van der Waals surface area contributed by atoms with Gasteiger partial charge in [-0.25, -0.2) is 4.79 Å². The topological polar surface area (TPSA) is 61.1 Å². The number of unbranched alkanes of at least 4 members (excludes halogenated alkanes) is 5. The van der Waals surface area contributed by atoms with Crippen LogP contribution in [0.5, 0.6) is 0 Å². The van der Waals surface area contributed by atoms with Gasteiger partial charge in [-0.2, -0.15) is 5.26 Å². The molecule has 1 fully saturated rings. The van der Waals surface area contributed by atoms with Gasteiger partial charge in [0.2, 0.25) is 0 Å². The highest BCUT2D eigenvalue weighted by atomic mass is 16.4. The van der Waals surface area contributed by atoms with Crippen LogP contribution in [-0.4, -0.2) is 35.2 Å². The summed E-state index contributed by atoms with van der Waals surface area (Å²) in [5, 5.41) is 17.7. The molecule has 0 bridgehead atoms. The van der Waals surface area contributed by atoms with Crippen LogP contribution in [0.25, 0.3) is 0 Å². The van der Waals surface area contributed by atoms with Crippen LogP contribution < -0.4 is 0 Å². The van der Waals surface area contributed by atoms with Gasteiger partial charge in [0.1, 0.15) is 11.6 Å². The van der Waals surface area contributed by atoms with Gasteiger partial charge in [-0.05, 0) is 44.3 Å². The minimum atomic E-state index is -1.15. The van der Waals surface area contributed by atoms with Gasteiger partial charge in [-0.1, -0.05) is 32.6 Å². The number of carbonyl (C=O) groups is 1. The van der Waals surface area contributed by atoms with Crippen molar-refractivity contribution in [3.05, 3.63) is 23.9 Å². The zero-order chi connectivity index (χ0) is 17.0. The van der Waals surface area contributed by atoms with Crippen LogP contribution in [0.4, 0.5) is 0 Å². The predicted molar refractivity (Wildman–Crippen MR) is 92.6 cm³/mol. The number of rotatable bonds is 10. The molecule has 0 amide bonds. The van der Waals surface area contributed by atoms with E-state index in [4.69, 9.17) is 10.4 Å². The van der Waals surface area contributed by atoms with Crippen molar-refractivity contribution < 1.29 is 14.4 Å². The predicted octanol–water partition coefficient (Wildman–Crippen LogP) is 4.40. The third-order valence-corrected chi connectivity index (χ3v) is 4.68. The summed E-state index contributed by atoms with van der Waals surface area (Å²) in [6, 6.07) is 1.73. The first-order chi connectivity index (χ1) is 11.1. The number of hydrogen-bond acceptors (Lipinski definition) is 2. The molecule has 128 valence electrons. The van der Waals surface area contributed by atoms with Gasteiger partial charge in [-0.15, -0.1) is 0 Å². The van der Waals surface area contributed by atoms with Crippen LogP contribution >= 0.6 is 0 Å². The normalized spacial score (nSPS) is 18.0. The van der Waals surface area contributed by atoms with Crippen molar-refractivity contribution in [2.75, 3.05) is 19.6 Å². The van der Waals surface area contributed by atoms with E-state index in [2.05, 4.69) is 13.1 Å². The largest absolute Gasteiger partial charge is 0.477 e. The summed E-state index contributed by atoms with van der Waals surface area (Å²) in [7, 11) is 0. The van der Waals surface area contributed by atoms with E-state index in [0.29, 0.717) is 0 Å². The Kier molecular flexibility index (Phi) is 9.31. The van der Waals surface area contributed by atoms with E-state index >= 15 is 0 Å². The molecule has 1 heterocycles. The lowest BCUT2D eigenvalue weighted by atomic mass is 10.1. The molecule has 0 aromatic heterocycles. The number of carboxylic acid groups (broad SMARTS) is 1. The lowest BCUT2D eigenvalue weighted by molar-refractivity contribution is -0.884. The summed E-state index contributed by atoms with van der Waals surface area (Å²) >= 11 is 0. The van der Waals surface area contributed by atoms with E-state index in [1.54, 1.807) is 12.1 Å².